The van der Waals surface area contributed by atoms with Crippen LogP contribution < -0.4 is 11.1 Å². The van der Waals surface area contributed by atoms with Crippen molar-refractivity contribution in [3.63, 3.8) is 0 Å². The highest BCUT2D eigenvalue weighted by Gasteiger charge is 2.23. The number of nitrogen functional groups attached to an aromatic ring is 1. The minimum Gasteiger partial charge on any atom is -0.383 e. The Kier molecular flexibility index (Phi) is 4.63. The van der Waals surface area contributed by atoms with Gasteiger partial charge in [-0.2, -0.15) is 0 Å². The summed E-state index contributed by atoms with van der Waals surface area (Å²) in [6.07, 6.45) is 2.39. The molecule has 0 saturated heterocycles. The molecule has 106 valence electrons. The molecule has 1 unspecified atom stereocenters. The highest BCUT2D eigenvalue weighted by Crippen LogP contribution is 2.29. The maximum atomic E-state index is 14.0. The van der Waals surface area contributed by atoms with Crippen LogP contribution in [0.3, 0.4) is 0 Å². The second-order valence-electron chi connectivity index (χ2n) is 4.50. The molecule has 20 heavy (non-hydrogen) atoms. The molecule has 0 aliphatic carbocycles. The summed E-state index contributed by atoms with van der Waals surface area (Å²) in [5, 5.41) is 3.12. The quantitative estimate of drug-likeness (QED) is 0.883. The van der Waals surface area contributed by atoms with Crippen LogP contribution in [0.1, 0.15) is 30.5 Å². The molecule has 0 bridgehead atoms. The Morgan fingerprint density at radius 1 is 1.20 bits per heavy atom. The number of hydrogen-bond donors (Lipinski definition) is 2. The molecule has 0 aliphatic rings. The van der Waals surface area contributed by atoms with Gasteiger partial charge in [-0.15, -0.1) is 0 Å². The number of benzene rings is 1. The molecule has 1 aromatic carbocycles. The zero-order valence-corrected chi connectivity index (χ0v) is 11.2. The number of rotatable bonds is 5. The molecule has 0 amide bonds. The van der Waals surface area contributed by atoms with Crippen LogP contribution in [-0.2, 0) is 0 Å². The molecule has 0 aliphatic heterocycles. The van der Waals surface area contributed by atoms with E-state index in [1.807, 2.05) is 6.92 Å². The van der Waals surface area contributed by atoms with Gasteiger partial charge in [0.1, 0.15) is 17.5 Å². The second-order valence-corrected chi connectivity index (χ2v) is 4.50. The van der Waals surface area contributed by atoms with Crippen molar-refractivity contribution in [2.24, 2.45) is 0 Å². The molecule has 0 radical (unpaired) electrons. The monoisotopic (exact) mass is 277 g/mol. The summed E-state index contributed by atoms with van der Waals surface area (Å²) in [4.78, 5) is 3.99. The molecule has 2 aromatic rings. The summed E-state index contributed by atoms with van der Waals surface area (Å²) < 4.78 is 28.0. The zero-order valence-electron chi connectivity index (χ0n) is 11.2. The minimum atomic E-state index is -0.648. The smallest absolute Gasteiger partial charge is 0.131 e. The number of aromatic nitrogens is 1. The van der Waals surface area contributed by atoms with Gasteiger partial charge in [0.15, 0.2) is 0 Å². The summed E-state index contributed by atoms with van der Waals surface area (Å²) in [6, 6.07) is 6.60. The van der Waals surface area contributed by atoms with E-state index in [4.69, 9.17) is 5.73 Å². The lowest BCUT2D eigenvalue weighted by atomic mass is 9.98. The standard InChI is InChI=1S/C15H17F2N3/c1-2-8-19-14(10-5-4-9-20-15(10)18)13-11(16)6-3-7-12(13)17/h3-7,9,14,19H,2,8H2,1H3,(H2,18,20). The summed E-state index contributed by atoms with van der Waals surface area (Å²) in [5.74, 6) is -0.924. The number of nitrogens with one attached hydrogen (secondary N) is 1. The molecule has 1 heterocycles. The van der Waals surface area contributed by atoms with E-state index in [0.717, 1.165) is 6.42 Å². The molecule has 0 saturated carbocycles. The van der Waals surface area contributed by atoms with E-state index < -0.39 is 17.7 Å². The number of pyridine rings is 1. The van der Waals surface area contributed by atoms with Crippen LogP contribution in [0.5, 0.6) is 0 Å². The molecular formula is C15H17F2N3. The van der Waals surface area contributed by atoms with Gasteiger partial charge in [0.25, 0.3) is 0 Å². The van der Waals surface area contributed by atoms with Crippen LogP contribution >= 0.6 is 0 Å². The SMILES string of the molecule is CCCNC(c1cccnc1N)c1c(F)cccc1F. The van der Waals surface area contributed by atoms with E-state index in [0.29, 0.717) is 12.1 Å². The Bertz CT molecular complexity index is 567. The predicted molar refractivity (Wildman–Crippen MR) is 75.1 cm³/mol. The average Bonchev–Trinajstić information content (AvgIpc) is 2.43. The first-order valence-electron chi connectivity index (χ1n) is 6.52. The Balaban J connectivity index is 2.50. The van der Waals surface area contributed by atoms with Gasteiger partial charge in [0, 0.05) is 17.3 Å². The lowest BCUT2D eigenvalue weighted by Crippen LogP contribution is -2.26. The molecule has 1 atom stereocenters. The maximum absolute atomic E-state index is 14.0. The van der Waals surface area contributed by atoms with E-state index in [2.05, 4.69) is 10.3 Å². The normalized spacial score (nSPS) is 12.3. The van der Waals surface area contributed by atoms with Gasteiger partial charge in [-0.25, -0.2) is 13.8 Å². The molecule has 3 N–H and O–H groups in total. The van der Waals surface area contributed by atoms with Crippen molar-refractivity contribution in [3.05, 3.63) is 59.3 Å². The van der Waals surface area contributed by atoms with Crippen LogP contribution in [0.2, 0.25) is 0 Å². The van der Waals surface area contributed by atoms with E-state index in [1.54, 1.807) is 18.3 Å². The zero-order chi connectivity index (χ0) is 14.5. The van der Waals surface area contributed by atoms with Crippen molar-refractivity contribution in [2.45, 2.75) is 19.4 Å². The first-order chi connectivity index (χ1) is 9.65. The van der Waals surface area contributed by atoms with Gasteiger partial charge in [0.2, 0.25) is 0 Å². The lowest BCUT2D eigenvalue weighted by molar-refractivity contribution is 0.503. The van der Waals surface area contributed by atoms with Crippen LogP contribution in [0.15, 0.2) is 36.5 Å². The van der Waals surface area contributed by atoms with E-state index in [1.165, 1.54) is 18.2 Å². The number of halogens is 2. The summed E-state index contributed by atoms with van der Waals surface area (Å²) >= 11 is 0. The van der Waals surface area contributed by atoms with Gasteiger partial charge in [-0.1, -0.05) is 19.1 Å². The predicted octanol–water partition coefficient (Wildman–Crippen LogP) is 3.03. The summed E-state index contributed by atoms with van der Waals surface area (Å²) in [7, 11) is 0. The molecule has 2 rings (SSSR count). The third kappa shape index (κ3) is 2.93. The first kappa shape index (κ1) is 14.4. The largest absolute Gasteiger partial charge is 0.383 e. The van der Waals surface area contributed by atoms with Gasteiger partial charge in [-0.3, -0.25) is 0 Å². The topological polar surface area (TPSA) is 50.9 Å². The van der Waals surface area contributed by atoms with Gasteiger partial charge < -0.3 is 11.1 Å². The fourth-order valence-corrected chi connectivity index (χ4v) is 2.12. The van der Waals surface area contributed by atoms with Crippen LogP contribution in [0, 0.1) is 11.6 Å². The number of nitrogens with zero attached hydrogens (tertiary/aromatic N) is 1. The summed E-state index contributed by atoms with van der Waals surface area (Å²) in [6.45, 7) is 2.60. The van der Waals surface area contributed by atoms with Crippen molar-refractivity contribution in [2.75, 3.05) is 12.3 Å². The molecule has 1 aromatic heterocycles. The molecule has 0 fully saturated rings. The highest BCUT2D eigenvalue weighted by molar-refractivity contribution is 5.46. The van der Waals surface area contributed by atoms with Crippen molar-refractivity contribution in [1.29, 1.82) is 0 Å². The second kappa shape index (κ2) is 6.43. The van der Waals surface area contributed by atoms with Crippen LogP contribution in [0.25, 0.3) is 0 Å². The fraction of sp³-hybridized carbons (Fsp3) is 0.267. The van der Waals surface area contributed by atoms with E-state index >= 15 is 0 Å². The van der Waals surface area contributed by atoms with Crippen molar-refractivity contribution >= 4 is 5.82 Å². The third-order valence-electron chi connectivity index (χ3n) is 3.07. The first-order valence-corrected chi connectivity index (χ1v) is 6.52. The van der Waals surface area contributed by atoms with Crippen molar-refractivity contribution in [1.82, 2.24) is 10.3 Å². The third-order valence-corrected chi connectivity index (χ3v) is 3.07. The van der Waals surface area contributed by atoms with Gasteiger partial charge in [-0.05, 0) is 31.2 Å². The Hall–Kier alpha value is -2.01. The van der Waals surface area contributed by atoms with Crippen molar-refractivity contribution < 1.29 is 8.78 Å². The van der Waals surface area contributed by atoms with Gasteiger partial charge >= 0.3 is 0 Å². The fourth-order valence-electron chi connectivity index (χ4n) is 2.12. The average molecular weight is 277 g/mol. The van der Waals surface area contributed by atoms with Gasteiger partial charge in [0.05, 0.1) is 6.04 Å². The number of nitrogens with two attached hydrogens (primary N) is 1. The minimum absolute atomic E-state index is 0.0272. The molecular weight excluding hydrogens is 260 g/mol. The molecule has 0 spiro atoms. The summed E-state index contributed by atoms with van der Waals surface area (Å²) in [5.41, 5.74) is 6.38. The highest BCUT2D eigenvalue weighted by atomic mass is 19.1. The van der Waals surface area contributed by atoms with Crippen molar-refractivity contribution in [3.8, 4) is 0 Å². The Morgan fingerprint density at radius 2 is 1.90 bits per heavy atom. The van der Waals surface area contributed by atoms with E-state index in [-0.39, 0.29) is 11.4 Å². The molecule has 5 heteroatoms. The Morgan fingerprint density at radius 3 is 2.50 bits per heavy atom. The molecule has 3 nitrogen and oxygen atoms in total. The Labute approximate surface area is 116 Å². The van der Waals surface area contributed by atoms with Crippen LogP contribution in [-0.4, -0.2) is 11.5 Å². The lowest BCUT2D eigenvalue weighted by Gasteiger charge is -2.21. The van der Waals surface area contributed by atoms with E-state index in [9.17, 15) is 8.78 Å². The number of anilines is 1. The maximum Gasteiger partial charge on any atom is 0.131 e. The van der Waals surface area contributed by atoms with Crippen LogP contribution in [0.4, 0.5) is 14.6 Å². The number of hydrogen-bond acceptors (Lipinski definition) is 3.